The molecule has 156 valence electrons. The van der Waals surface area contributed by atoms with Crippen LogP contribution in [0.3, 0.4) is 0 Å². The number of allylic oxidation sites excluding steroid dienone is 1. The summed E-state index contributed by atoms with van der Waals surface area (Å²) in [5.41, 5.74) is 5.47. The molecular formula is C24H24N7Na. The number of aromatic amines is 1. The average Bonchev–Trinajstić information content (AvgIpc) is 3.47. The van der Waals surface area contributed by atoms with Crippen molar-refractivity contribution in [2.24, 2.45) is 0 Å². The molecule has 5 rings (SSSR count). The summed E-state index contributed by atoms with van der Waals surface area (Å²) in [6.45, 7) is 2.98. The maximum absolute atomic E-state index is 4.88. The summed E-state index contributed by atoms with van der Waals surface area (Å²) in [6.07, 6.45) is 8.09. The molecule has 0 aliphatic carbocycles. The number of rotatable bonds is 7. The van der Waals surface area contributed by atoms with E-state index in [4.69, 9.17) is 4.98 Å². The summed E-state index contributed by atoms with van der Waals surface area (Å²) in [5.74, 6) is 2.73. The molecule has 0 radical (unpaired) electrons. The SMILES string of the molecule is CCCCc1nc2c(n1Cc1ccc(-c3ccccc3-c3nn[nH]n3)cc1)[N-]C=CC2.[Na+]. The number of tetrazole rings is 1. The predicted molar refractivity (Wildman–Crippen MR) is 121 cm³/mol. The second-order valence-electron chi connectivity index (χ2n) is 7.68. The number of hydrogen-bond donors (Lipinski definition) is 1. The molecule has 1 aliphatic heterocycles. The zero-order valence-electron chi connectivity index (χ0n) is 18.5. The van der Waals surface area contributed by atoms with Gasteiger partial charge in [-0.05, 0) is 47.1 Å². The van der Waals surface area contributed by atoms with Crippen molar-refractivity contribution in [2.45, 2.75) is 39.2 Å². The van der Waals surface area contributed by atoms with E-state index >= 15 is 0 Å². The van der Waals surface area contributed by atoms with Crippen LogP contribution in [0, 0.1) is 0 Å². The van der Waals surface area contributed by atoms with Crippen molar-refractivity contribution in [3.63, 3.8) is 0 Å². The van der Waals surface area contributed by atoms with Crippen molar-refractivity contribution in [2.75, 3.05) is 0 Å². The fourth-order valence-corrected chi connectivity index (χ4v) is 3.98. The van der Waals surface area contributed by atoms with Gasteiger partial charge in [0.25, 0.3) is 0 Å². The fourth-order valence-electron chi connectivity index (χ4n) is 3.98. The number of benzene rings is 2. The Bertz CT molecular complexity index is 1190. The molecule has 1 aliphatic rings. The van der Waals surface area contributed by atoms with Crippen molar-refractivity contribution in [1.82, 2.24) is 30.2 Å². The Labute approximate surface area is 209 Å². The topological polar surface area (TPSA) is 86.4 Å². The Balaban J connectivity index is 0.00000245. The first-order valence-corrected chi connectivity index (χ1v) is 10.7. The number of nitrogens with zero attached hydrogens (tertiary/aromatic N) is 6. The predicted octanol–water partition coefficient (Wildman–Crippen LogP) is 2.20. The Hall–Kier alpha value is -2.74. The van der Waals surface area contributed by atoms with E-state index in [1.54, 1.807) is 0 Å². The minimum Gasteiger partial charge on any atom is -0.441 e. The van der Waals surface area contributed by atoms with Crippen LogP contribution in [0.2, 0.25) is 0 Å². The van der Waals surface area contributed by atoms with Gasteiger partial charge >= 0.3 is 29.6 Å². The molecule has 0 atom stereocenters. The molecule has 0 saturated carbocycles. The van der Waals surface area contributed by atoms with Gasteiger partial charge in [0.1, 0.15) is 0 Å². The molecular weight excluding hydrogens is 409 g/mol. The van der Waals surface area contributed by atoms with Crippen molar-refractivity contribution in [3.05, 3.63) is 83.2 Å². The number of imidazole rings is 1. The van der Waals surface area contributed by atoms with Crippen molar-refractivity contribution in [3.8, 4) is 22.5 Å². The number of fused-ring (bicyclic) bond motifs is 1. The second kappa shape index (κ2) is 10.3. The van der Waals surface area contributed by atoms with Gasteiger partial charge in [-0.25, -0.2) is 0 Å². The fraction of sp³-hybridized carbons (Fsp3) is 0.250. The third kappa shape index (κ3) is 4.55. The summed E-state index contributed by atoms with van der Waals surface area (Å²) in [7, 11) is 0. The van der Waals surface area contributed by atoms with Crippen LogP contribution in [0.25, 0.3) is 27.8 Å². The van der Waals surface area contributed by atoms with E-state index in [1.165, 1.54) is 5.56 Å². The van der Waals surface area contributed by atoms with Gasteiger partial charge in [-0.1, -0.05) is 74.2 Å². The molecule has 0 spiro atoms. The Morgan fingerprint density at radius 2 is 1.88 bits per heavy atom. The third-order valence-corrected chi connectivity index (χ3v) is 5.58. The van der Waals surface area contributed by atoms with E-state index < -0.39 is 0 Å². The van der Waals surface area contributed by atoms with E-state index in [-0.39, 0.29) is 29.6 Å². The molecule has 0 saturated heterocycles. The molecule has 0 fully saturated rings. The van der Waals surface area contributed by atoms with Gasteiger partial charge in [-0.15, -0.1) is 10.2 Å². The van der Waals surface area contributed by atoms with Gasteiger partial charge in [0.2, 0.25) is 5.82 Å². The maximum Gasteiger partial charge on any atom is 1.00 e. The minimum atomic E-state index is 0. The first-order chi connectivity index (χ1) is 15.3. The van der Waals surface area contributed by atoms with Crippen LogP contribution in [0.5, 0.6) is 0 Å². The smallest absolute Gasteiger partial charge is 0.441 e. The number of aromatic nitrogens is 6. The number of nitrogens with one attached hydrogen (secondary N) is 1. The van der Waals surface area contributed by atoms with Gasteiger partial charge in [0, 0.05) is 23.5 Å². The average molecular weight is 433 g/mol. The van der Waals surface area contributed by atoms with Gasteiger partial charge < -0.3 is 9.88 Å². The van der Waals surface area contributed by atoms with Gasteiger partial charge in [0.15, 0.2) is 0 Å². The van der Waals surface area contributed by atoms with Crippen LogP contribution in [0.15, 0.2) is 60.8 Å². The largest absolute Gasteiger partial charge is 1.00 e. The molecule has 32 heavy (non-hydrogen) atoms. The monoisotopic (exact) mass is 433 g/mol. The number of unbranched alkanes of at least 4 members (excludes halogenated alkanes) is 1. The third-order valence-electron chi connectivity index (χ3n) is 5.58. The van der Waals surface area contributed by atoms with E-state index in [1.807, 2.05) is 24.4 Å². The van der Waals surface area contributed by atoms with E-state index in [0.29, 0.717) is 5.82 Å². The van der Waals surface area contributed by atoms with Crippen LogP contribution in [-0.4, -0.2) is 30.2 Å². The van der Waals surface area contributed by atoms with E-state index in [2.05, 4.69) is 73.8 Å². The standard InChI is InChI=1S/C24H24N7.Na/c1-2-3-10-22-26-21-9-6-15-25-24(21)31(22)16-17-11-13-18(14-12-17)19-7-4-5-8-20(19)23-27-29-30-28-23;/h4-8,11-15H,2-3,9-10,16H2,1H3,(H,27,28,29,30);/q-1;+1. The number of aryl methyl sites for hydroxylation is 1. The van der Waals surface area contributed by atoms with Gasteiger partial charge in [0.05, 0.1) is 0 Å². The molecule has 0 unspecified atom stereocenters. The van der Waals surface area contributed by atoms with E-state index in [9.17, 15) is 0 Å². The molecule has 2 aromatic heterocycles. The van der Waals surface area contributed by atoms with Gasteiger partial charge in [-0.3, -0.25) is 4.98 Å². The summed E-state index contributed by atoms with van der Waals surface area (Å²) >= 11 is 0. The quantitative estimate of drug-likeness (QED) is 0.453. The molecule has 0 bridgehead atoms. The number of H-pyrrole nitrogens is 1. The Morgan fingerprint density at radius 3 is 2.62 bits per heavy atom. The molecule has 4 aromatic rings. The number of hydrogen-bond acceptors (Lipinski definition) is 4. The summed E-state index contributed by atoms with van der Waals surface area (Å²) in [5, 5.41) is 19.1. The summed E-state index contributed by atoms with van der Waals surface area (Å²) < 4.78 is 2.27. The van der Waals surface area contributed by atoms with Crippen LogP contribution in [0.1, 0.15) is 36.8 Å². The minimum absolute atomic E-state index is 0. The maximum atomic E-state index is 4.88. The molecule has 3 heterocycles. The van der Waals surface area contributed by atoms with Crippen LogP contribution in [-0.2, 0) is 19.4 Å². The van der Waals surface area contributed by atoms with Crippen LogP contribution < -0.4 is 29.6 Å². The van der Waals surface area contributed by atoms with Crippen molar-refractivity contribution >= 4 is 5.82 Å². The van der Waals surface area contributed by atoms with Crippen molar-refractivity contribution in [1.29, 1.82) is 0 Å². The molecule has 7 nitrogen and oxygen atoms in total. The normalized spacial score (nSPS) is 12.2. The van der Waals surface area contributed by atoms with E-state index in [0.717, 1.165) is 66.3 Å². The van der Waals surface area contributed by atoms with Gasteiger partial charge in [-0.2, -0.15) is 5.21 Å². The zero-order valence-corrected chi connectivity index (χ0v) is 20.5. The Kier molecular flexibility index (Phi) is 7.19. The summed E-state index contributed by atoms with van der Waals surface area (Å²) in [4.78, 5) is 4.88. The first-order valence-electron chi connectivity index (χ1n) is 10.7. The Morgan fingerprint density at radius 1 is 1.06 bits per heavy atom. The first kappa shape index (κ1) is 22.5. The second-order valence-corrected chi connectivity index (χ2v) is 7.68. The van der Waals surface area contributed by atoms with Crippen molar-refractivity contribution < 1.29 is 29.6 Å². The molecule has 8 heteroatoms. The van der Waals surface area contributed by atoms with Crippen LogP contribution in [0.4, 0.5) is 5.82 Å². The zero-order chi connectivity index (χ0) is 21.0. The molecule has 1 N–H and O–H groups in total. The molecule has 0 amide bonds. The summed E-state index contributed by atoms with van der Waals surface area (Å²) in [6, 6.07) is 16.8. The molecule has 2 aromatic carbocycles. The van der Waals surface area contributed by atoms with Crippen LogP contribution >= 0.6 is 0 Å².